The van der Waals surface area contributed by atoms with Crippen LogP contribution in [0.1, 0.15) is 17.5 Å². The molecule has 21 heavy (non-hydrogen) atoms. The van der Waals surface area contributed by atoms with Gasteiger partial charge in [-0.05, 0) is 36.1 Å². The lowest BCUT2D eigenvalue weighted by atomic mass is 10.2. The summed E-state index contributed by atoms with van der Waals surface area (Å²) < 4.78 is 7.47. The standard InChI is InChI=1S/C13H18BrN5O2/c1-18(2)6-7-19-12(9(14)8-15-19)13(20)10-4-5-11(21-3)17-16-10/h4-5,8,13,20H,6-7H2,1-3H3. The van der Waals surface area contributed by atoms with Gasteiger partial charge in [0, 0.05) is 12.6 Å². The molecule has 1 N–H and O–H groups in total. The summed E-state index contributed by atoms with van der Waals surface area (Å²) in [5.41, 5.74) is 1.11. The average molecular weight is 356 g/mol. The predicted octanol–water partition coefficient (Wildman–Crippen LogP) is 1.09. The molecule has 0 saturated heterocycles. The van der Waals surface area contributed by atoms with E-state index in [2.05, 4.69) is 36.1 Å². The smallest absolute Gasteiger partial charge is 0.233 e. The van der Waals surface area contributed by atoms with E-state index in [0.717, 1.165) is 11.0 Å². The zero-order chi connectivity index (χ0) is 15.4. The van der Waals surface area contributed by atoms with Gasteiger partial charge in [0.2, 0.25) is 5.88 Å². The van der Waals surface area contributed by atoms with E-state index in [1.54, 1.807) is 23.0 Å². The lowest BCUT2D eigenvalue weighted by Crippen LogP contribution is -2.21. The zero-order valence-corrected chi connectivity index (χ0v) is 13.8. The highest BCUT2D eigenvalue weighted by molar-refractivity contribution is 9.10. The Kier molecular flexibility index (Phi) is 5.27. The summed E-state index contributed by atoms with van der Waals surface area (Å²) in [7, 11) is 5.50. The molecule has 0 radical (unpaired) electrons. The first kappa shape index (κ1) is 15.9. The summed E-state index contributed by atoms with van der Waals surface area (Å²) in [6.07, 6.45) is 0.771. The molecule has 2 aromatic rings. The van der Waals surface area contributed by atoms with Crippen LogP contribution in [0.5, 0.6) is 5.88 Å². The highest BCUT2D eigenvalue weighted by Gasteiger charge is 2.21. The van der Waals surface area contributed by atoms with Crippen molar-refractivity contribution in [2.75, 3.05) is 27.7 Å². The fraction of sp³-hybridized carbons (Fsp3) is 0.462. The van der Waals surface area contributed by atoms with E-state index in [4.69, 9.17) is 4.74 Å². The summed E-state index contributed by atoms with van der Waals surface area (Å²) in [5.74, 6) is 0.408. The van der Waals surface area contributed by atoms with Crippen molar-refractivity contribution < 1.29 is 9.84 Å². The van der Waals surface area contributed by atoms with E-state index >= 15 is 0 Å². The number of nitrogens with zero attached hydrogens (tertiary/aromatic N) is 5. The van der Waals surface area contributed by atoms with Gasteiger partial charge in [-0.15, -0.1) is 10.2 Å². The summed E-state index contributed by atoms with van der Waals surface area (Å²) in [6.45, 7) is 1.50. The highest BCUT2D eigenvalue weighted by Crippen LogP contribution is 2.27. The van der Waals surface area contributed by atoms with Gasteiger partial charge in [-0.2, -0.15) is 5.10 Å². The molecule has 114 valence electrons. The van der Waals surface area contributed by atoms with Gasteiger partial charge in [0.15, 0.2) is 0 Å². The summed E-state index contributed by atoms with van der Waals surface area (Å²) in [5, 5.41) is 22.7. The fourth-order valence-electron chi connectivity index (χ4n) is 1.84. The molecule has 0 aliphatic rings. The van der Waals surface area contributed by atoms with Crippen molar-refractivity contribution in [1.29, 1.82) is 0 Å². The van der Waals surface area contributed by atoms with Crippen molar-refractivity contribution in [3.63, 3.8) is 0 Å². The number of methoxy groups -OCH3 is 1. The summed E-state index contributed by atoms with van der Waals surface area (Å²) in [6, 6.07) is 3.35. The van der Waals surface area contributed by atoms with E-state index in [0.29, 0.717) is 23.8 Å². The second-order valence-corrected chi connectivity index (χ2v) is 5.66. The number of aliphatic hydroxyl groups excluding tert-OH is 1. The molecule has 0 aliphatic heterocycles. The van der Waals surface area contributed by atoms with Crippen LogP contribution >= 0.6 is 15.9 Å². The average Bonchev–Trinajstić information content (AvgIpc) is 2.85. The van der Waals surface area contributed by atoms with Crippen molar-refractivity contribution >= 4 is 15.9 Å². The fourth-order valence-corrected chi connectivity index (χ4v) is 2.35. The normalized spacial score (nSPS) is 12.7. The zero-order valence-electron chi connectivity index (χ0n) is 12.2. The molecule has 0 aromatic carbocycles. The quantitative estimate of drug-likeness (QED) is 0.835. The maximum atomic E-state index is 10.5. The van der Waals surface area contributed by atoms with Crippen LogP contribution in [-0.2, 0) is 6.54 Å². The molecule has 0 aliphatic carbocycles. The Balaban J connectivity index is 2.24. The molecule has 1 atom stereocenters. The number of likely N-dealkylation sites (N-methyl/N-ethyl adjacent to an activating group) is 1. The van der Waals surface area contributed by atoms with Gasteiger partial charge in [0.25, 0.3) is 0 Å². The van der Waals surface area contributed by atoms with E-state index in [1.165, 1.54) is 7.11 Å². The molecule has 7 nitrogen and oxygen atoms in total. The third-order valence-corrected chi connectivity index (χ3v) is 3.61. The van der Waals surface area contributed by atoms with Crippen LogP contribution < -0.4 is 4.74 Å². The van der Waals surface area contributed by atoms with Crippen LogP contribution in [0.2, 0.25) is 0 Å². The van der Waals surface area contributed by atoms with Crippen LogP contribution in [0.15, 0.2) is 22.8 Å². The second-order valence-electron chi connectivity index (χ2n) is 4.81. The van der Waals surface area contributed by atoms with E-state index < -0.39 is 6.10 Å². The number of halogens is 1. The van der Waals surface area contributed by atoms with Crippen molar-refractivity contribution in [2.24, 2.45) is 0 Å². The molecular formula is C13H18BrN5O2. The van der Waals surface area contributed by atoms with Gasteiger partial charge in [-0.3, -0.25) is 4.68 Å². The van der Waals surface area contributed by atoms with Crippen LogP contribution in [-0.4, -0.2) is 57.7 Å². The van der Waals surface area contributed by atoms with Gasteiger partial charge in [-0.1, -0.05) is 0 Å². The minimum Gasteiger partial charge on any atom is -0.480 e. The van der Waals surface area contributed by atoms with Gasteiger partial charge in [0.05, 0.1) is 35.7 Å². The molecule has 0 saturated carbocycles. The first-order valence-electron chi connectivity index (χ1n) is 6.44. The van der Waals surface area contributed by atoms with E-state index in [-0.39, 0.29) is 0 Å². The molecule has 1 unspecified atom stereocenters. The number of ether oxygens (including phenoxy) is 1. The van der Waals surface area contributed by atoms with E-state index in [9.17, 15) is 5.11 Å². The molecule has 0 bridgehead atoms. The first-order chi connectivity index (χ1) is 10.0. The van der Waals surface area contributed by atoms with Gasteiger partial charge in [-0.25, -0.2) is 0 Å². The second kappa shape index (κ2) is 6.97. The van der Waals surface area contributed by atoms with Crippen LogP contribution in [0.25, 0.3) is 0 Å². The third-order valence-electron chi connectivity index (χ3n) is 3.00. The molecular weight excluding hydrogens is 338 g/mol. The predicted molar refractivity (Wildman–Crippen MR) is 81.1 cm³/mol. The third kappa shape index (κ3) is 3.78. The largest absolute Gasteiger partial charge is 0.480 e. The monoisotopic (exact) mass is 355 g/mol. The number of rotatable bonds is 6. The van der Waals surface area contributed by atoms with Crippen molar-refractivity contribution in [2.45, 2.75) is 12.6 Å². The first-order valence-corrected chi connectivity index (χ1v) is 7.24. The number of hydrogen-bond acceptors (Lipinski definition) is 6. The van der Waals surface area contributed by atoms with Crippen molar-refractivity contribution in [1.82, 2.24) is 24.9 Å². The summed E-state index contributed by atoms with van der Waals surface area (Å²) in [4.78, 5) is 2.05. The van der Waals surface area contributed by atoms with Crippen LogP contribution in [0.3, 0.4) is 0 Å². The lowest BCUT2D eigenvalue weighted by Gasteiger charge is -2.15. The Bertz CT molecular complexity index is 585. The lowest BCUT2D eigenvalue weighted by molar-refractivity contribution is 0.198. The molecule has 8 heteroatoms. The van der Waals surface area contributed by atoms with E-state index in [1.807, 2.05) is 14.1 Å². The molecule has 2 aromatic heterocycles. The maximum Gasteiger partial charge on any atom is 0.233 e. The Morgan fingerprint density at radius 2 is 2.14 bits per heavy atom. The maximum absolute atomic E-state index is 10.5. The van der Waals surface area contributed by atoms with Crippen molar-refractivity contribution in [3.05, 3.63) is 34.2 Å². The number of hydrogen-bond donors (Lipinski definition) is 1. The molecule has 0 spiro atoms. The Morgan fingerprint density at radius 3 is 2.71 bits per heavy atom. The van der Waals surface area contributed by atoms with Crippen LogP contribution in [0, 0.1) is 0 Å². The Hall–Kier alpha value is -1.51. The van der Waals surface area contributed by atoms with Gasteiger partial charge < -0.3 is 14.7 Å². The minimum atomic E-state index is -0.901. The van der Waals surface area contributed by atoms with Gasteiger partial charge in [0.1, 0.15) is 6.10 Å². The number of aliphatic hydroxyl groups is 1. The molecule has 2 rings (SSSR count). The Labute approximate surface area is 131 Å². The van der Waals surface area contributed by atoms with Crippen molar-refractivity contribution in [3.8, 4) is 5.88 Å². The Morgan fingerprint density at radius 1 is 1.38 bits per heavy atom. The topological polar surface area (TPSA) is 76.3 Å². The molecule has 0 fully saturated rings. The number of aromatic nitrogens is 4. The minimum absolute atomic E-state index is 0.408. The van der Waals surface area contributed by atoms with Crippen LogP contribution in [0.4, 0.5) is 0 Å². The summed E-state index contributed by atoms with van der Waals surface area (Å²) >= 11 is 3.42. The molecule has 0 amide bonds. The van der Waals surface area contributed by atoms with Gasteiger partial charge >= 0.3 is 0 Å². The SMILES string of the molecule is COc1ccc(C(O)c2c(Br)cnn2CCN(C)C)nn1. The highest BCUT2D eigenvalue weighted by atomic mass is 79.9. The molecule has 2 heterocycles.